The Morgan fingerprint density at radius 3 is 2.61 bits per heavy atom. The highest BCUT2D eigenvalue weighted by Crippen LogP contribution is 2.22. The lowest BCUT2D eigenvalue weighted by Gasteiger charge is -2.06. The normalized spacial score (nSPS) is 10.6. The number of nitrogens with zero attached hydrogens (tertiary/aromatic N) is 1. The molecule has 0 aliphatic carbocycles. The minimum atomic E-state index is -0.303. The first kappa shape index (κ1) is 12.1. The molecule has 0 heterocycles. The highest BCUT2D eigenvalue weighted by molar-refractivity contribution is 5.80. The molecule has 4 heteroatoms. The quantitative estimate of drug-likeness (QED) is 0.661. The summed E-state index contributed by atoms with van der Waals surface area (Å²) in [6, 6.07) is 13.8. The Kier molecular flexibility index (Phi) is 3.91. The predicted molar refractivity (Wildman–Crippen MR) is 70.6 cm³/mol. The van der Waals surface area contributed by atoms with Crippen LogP contribution in [0.4, 0.5) is 10.1 Å². The Balaban J connectivity index is 2.10. The van der Waals surface area contributed by atoms with Crippen LogP contribution in [0.1, 0.15) is 5.56 Å². The SMILES string of the molecule is COc1ccccc1NN=Cc1ccccc1F. The third-order valence-electron chi connectivity index (χ3n) is 2.40. The van der Waals surface area contributed by atoms with Crippen molar-refractivity contribution in [1.82, 2.24) is 0 Å². The number of ether oxygens (including phenoxy) is 1. The molecule has 2 rings (SSSR count). The summed E-state index contributed by atoms with van der Waals surface area (Å²) in [5.41, 5.74) is 3.98. The van der Waals surface area contributed by atoms with E-state index in [0.717, 1.165) is 5.69 Å². The van der Waals surface area contributed by atoms with E-state index in [1.165, 1.54) is 12.3 Å². The molecule has 18 heavy (non-hydrogen) atoms. The Morgan fingerprint density at radius 2 is 1.83 bits per heavy atom. The third-order valence-corrected chi connectivity index (χ3v) is 2.40. The maximum atomic E-state index is 13.3. The van der Waals surface area contributed by atoms with Crippen LogP contribution >= 0.6 is 0 Å². The summed E-state index contributed by atoms with van der Waals surface area (Å²) in [7, 11) is 1.58. The van der Waals surface area contributed by atoms with Crippen LogP contribution in [0.2, 0.25) is 0 Å². The van der Waals surface area contributed by atoms with Gasteiger partial charge in [-0.1, -0.05) is 30.3 Å². The van der Waals surface area contributed by atoms with Crippen LogP contribution in [0.5, 0.6) is 5.75 Å². The maximum absolute atomic E-state index is 13.3. The molecule has 2 aromatic carbocycles. The van der Waals surface area contributed by atoms with E-state index < -0.39 is 0 Å². The van der Waals surface area contributed by atoms with Crippen LogP contribution in [0, 0.1) is 5.82 Å². The smallest absolute Gasteiger partial charge is 0.143 e. The van der Waals surface area contributed by atoms with E-state index in [4.69, 9.17) is 4.74 Å². The zero-order valence-corrected chi connectivity index (χ0v) is 9.93. The fraction of sp³-hybridized carbons (Fsp3) is 0.0714. The third kappa shape index (κ3) is 2.85. The molecule has 0 aromatic heterocycles. The Hall–Kier alpha value is -2.36. The Bertz CT molecular complexity index is 555. The summed E-state index contributed by atoms with van der Waals surface area (Å²) < 4.78 is 18.5. The molecule has 0 spiro atoms. The molecule has 0 fully saturated rings. The first-order chi connectivity index (χ1) is 8.81. The highest BCUT2D eigenvalue weighted by atomic mass is 19.1. The first-order valence-electron chi connectivity index (χ1n) is 5.48. The lowest BCUT2D eigenvalue weighted by atomic mass is 10.2. The second-order valence-electron chi connectivity index (χ2n) is 3.59. The van der Waals surface area contributed by atoms with Crippen molar-refractivity contribution < 1.29 is 9.13 Å². The molecule has 0 bridgehead atoms. The summed E-state index contributed by atoms with van der Waals surface area (Å²) in [6.45, 7) is 0. The standard InChI is InChI=1S/C14H13FN2O/c1-18-14-9-5-4-8-13(14)17-16-10-11-6-2-3-7-12(11)15/h2-10,17H,1H3. The van der Waals surface area contributed by atoms with Crippen LogP contribution in [0.25, 0.3) is 0 Å². The van der Waals surface area contributed by atoms with Gasteiger partial charge in [-0.2, -0.15) is 5.10 Å². The van der Waals surface area contributed by atoms with Crippen molar-refractivity contribution in [2.24, 2.45) is 5.10 Å². The van der Waals surface area contributed by atoms with E-state index >= 15 is 0 Å². The summed E-state index contributed by atoms with van der Waals surface area (Å²) in [6.07, 6.45) is 1.43. The number of nitrogens with one attached hydrogen (secondary N) is 1. The Labute approximate surface area is 105 Å². The number of benzene rings is 2. The second-order valence-corrected chi connectivity index (χ2v) is 3.59. The van der Waals surface area contributed by atoms with Crippen LogP contribution in [-0.2, 0) is 0 Å². The summed E-state index contributed by atoms with van der Waals surface area (Å²) in [4.78, 5) is 0. The molecule has 0 radical (unpaired) electrons. The van der Waals surface area contributed by atoms with Crippen molar-refractivity contribution in [3.63, 3.8) is 0 Å². The summed E-state index contributed by atoms with van der Waals surface area (Å²) >= 11 is 0. The van der Waals surface area contributed by atoms with E-state index in [9.17, 15) is 4.39 Å². The lowest BCUT2D eigenvalue weighted by molar-refractivity contribution is 0.416. The highest BCUT2D eigenvalue weighted by Gasteiger charge is 1.99. The Morgan fingerprint density at radius 1 is 1.11 bits per heavy atom. The zero-order valence-electron chi connectivity index (χ0n) is 9.93. The van der Waals surface area contributed by atoms with Crippen molar-refractivity contribution in [3.8, 4) is 5.75 Å². The average molecular weight is 244 g/mol. The number of hydrogen-bond acceptors (Lipinski definition) is 3. The molecule has 3 nitrogen and oxygen atoms in total. The predicted octanol–water partition coefficient (Wildman–Crippen LogP) is 3.28. The van der Waals surface area contributed by atoms with Crippen molar-refractivity contribution >= 4 is 11.9 Å². The fourth-order valence-corrected chi connectivity index (χ4v) is 1.49. The number of hydrazone groups is 1. The van der Waals surface area contributed by atoms with Gasteiger partial charge in [0.1, 0.15) is 11.6 Å². The van der Waals surface area contributed by atoms with Gasteiger partial charge >= 0.3 is 0 Å². The van der Waals surface area contributed by atoms with E-state index in [2.05, 4.69) is 10.5 Å². The molecule has 92 valence electrons. The van der Waals surface area contributed by atoms with Crippen molar-refractivity contribution in [1.29, 1.82) is 0 Å². The lowest BCUT2D eigenvalue weighted by Crippen LogP contribution is -1.95. The van der Waals surface area contributed by atoms with Gasteiger partial charge in [0.25, 0.3) is 0 Å². The van der Waals surface area contributed by atoms with Gasteiger partial charge in [0.2, 0.25) is 0 Å². The molecule has 0 aliphatic heterocycles. The van der Waals surface area contributed by atoms with E-state index in [0.29, 0.717) is 11.3 Å². The zero-order chi connectivity index (χ0) is 12.8. The number of halogens is 1. The maximum Gasteiger partial charge on any atom is 0.143 e. The van der Waals surface area contributed by atoms with Gasteiger partial charge in [0, 0.05) is 5.56 Å². The molecular formula is C14H13FN2O. The van der Waals surface area contributed by atoms with Gasteiger partial charge in [0.15, 0.2) is 0 Å². The van der Waals surface area contributed by atoms with Crippen molar-refractivity contribution in [3.05, 3.63) is 59.9 Å². The van der Waals surface area contributed by atoms with Crippen molar-refractivity contribution in [2.75, 3.05) is 12.5 Å². The second kappa shape index (κ2) is 5.82. The van der Waals surface area contributed by atoms with Crippen molar-refractivity contribution in [2.45, 2.75) is 0 Å². The minimum absolute atomic E-state index is 0.303. The largest absolute Gasteiger partial charge is 0.495 e. The van der Waals surface area contributed by atoms with Crippen LogP contribution < -0.4 is 10.2 Å². The molecule has 0 aliphatic rings. The summed E-state index contributed by atoms with van der Waals surface area (Å²) in [5, 5.41) is 3.99. The minimum Gasteiger partial charge on any atom is -0.495 e. The van der Waals surface area contributed by atoms with Gasteiger partial charge in [0.05, 0.1) is 19.0 Å². The molecule has 0 saturated carbocycles. The number of anilines is 1. The number of para-hydroxylation sites is 2. The number of rotatable bonds is 4. The van der Waals surface area contributed by atoms with Gasteiger partial charge in [-0.15, -0.1) is 0 Å². The van der Waals surface area contributed by atoms with E-state index in [1.807, 2.05) is 24.3 Å². The van der Waals surface area contributed by atoms with Gasteiger partial charge < -0.3 is 4.74 Å². The molecule has 0 amide bonds. The van der Waals surface area contributed by atoms with Crippen LogP contribution in [0.3, 0.4) is 0 Å². The molecular weight excluding hydrogens is 231 g/mol. The summed E-state index contributed by atoms with van der Waals surface area (Å²) in [5.74, 6) is 0.381. The molecule has 0 saturated heterocycles. The average Bonchev–Trinajstić information content (AvgIpc) is 2.41. The van der Waals surface area contributed by atoms with Gasteiger partial charge in [-0.3, -0.25) is 5.43 Å². The van der Waals surface area contributed by atoms with Crippen LogP contribution in [0.15, 0.2) is 53.6 Å². The van der Waals surface area contributed by atoms with Gasteiger partial charge in [-0.25, -0.2) is 4.39 Å². The van der Waals surface area contributed by atoms with Crippen LogP contribution in [-0.4, -0.2) is 13.3 Å². The first-order valence-corrected chi connectivity index (χ1v) is 5.48. The monoisotopic (exact) mass is 244 g/mol. The van der Waals surface area contributed by atoms with Gasteiger partial charge in [-0.05, 0) is 18.2 Å². The van der Waals surface area contributed by atoms with E-state index in [-0.39, 0.29) is 5.82 Å². The fourth-order valence-electron chi connectivity index (χ4n) is 1.49. The van der Waals surface area contributed by atoms with E-state index in [1.54, 1.807) is 25.3 Å². The number of hydrogen-bond donors (Lipinski definition) is 1. The topological polar surface area (TPSA) is 33.6 Å². The number of methoxy groups -OCH3 is 1. The molecule has 1 N–H and O–H groups in total. The molecule has 0 atom stereocenters. The molecule has 0 unspecified atom stereocenters. The molecule has 2 aromatic rings.